The van der Waals surface area contributed by atoms with Crippen molar-refractivity contribution in [2.45, 2.75) is 13.0 Å². The fourth-order valence-electron chi connectivity index (χ4n) is 4.54. The number of urea groups is 1. The number of carbonyl (C=O) groups excluding carboxylic acids is 2. The second kappa shape index (κ2) is 10.7. The molecular weight excluding hydrogens is 495 g/mol. The molecule has 0 N–H and O–H groups in total. The summed E-state index contributed by atoms with van der Waals surface area (Å²) in [5, 5.41) is 1.84. The highest BCUT2D eigenvalue weighted by molar-refractivity contribution is 7.78. The maximum absolute atomic E-state index is 14.9. The van der Waals surface area contributed by atoms with E-state index in [0.717, 1.165) is 0 Å². The Hall–Kier alpha value is -3.34. The van der Waals surface area contributed by atoms with Crippen molar-refractivity contribution >= 4 is 41.4 Å². The number of hydrogen-bond acceptors (Lipinski definition) is 4. The molecule has 0 aliphatic carbocycles. The predicted octanol–water partition coefficient (Wildman–Crippen LogP) is 5.21. The molecule has 6 nitrogen and oxygen atoms in total. The molecule has 186 valence electrons. The summed E-state index contributed by atoms with van der Waals surface area (Å²) in [4.78, 5) is 29.8. The van der Waals surface area contributed by atoms with Crippen LogP contribution in [0.2, 0.25) is 5.02 Å². The third-order valence-corrected chi connectivity index (χ3v) is 9.63. The summed E-state index contributed by atoms with van der Waals surface area (Å²) in [7, 11) is -0.0533. The molecule has 0 radical (unpaired) electrons. The summed E-state index contributed by atoms with van der Waals surface area (Å²) in [6.45, 7) is 1.90. The fourth-order valence-corrected chi connectivity index (χ4v) is 7.44. The summed E-state index contributed by atoms with van der Waals surface area (Å²) in [6, 6.07) is 24.4. The molecule has 0 bridgehead atoms. The Kier molecular flexibility index (Phi) is 7.67. The number of hydrogen-bond donors (Lipinski definition) is 0. The van der Waals surface area contributed by atoms with Crippen LogP contribution in [0.3, 0.4) is 0 Å². The van der Waals surface area contributed by atoms with E-state index < -0.39 is 19.2 Å². The molecule has 0 aromatic heterocycles. The minimum absolute atomic E-state index is 0.0185. The highest BCUT2D eigenvalue weighted by Gasteiger charge is 2.43. The van der Waals surface area contributed by atoms with Crippen molar-refractivity contribution in [1.82, 2.24) is 9.80 Å². The van der Waals surface area contributed by atoms with Gasteiger partial charge in [-0.05, 0) is 24.6 Å². The zero-order chi connectivity index (χ0) is 25.9. The van der Waals surface area contributed by atoms with E-state index >= 15 is 0 Å². The number of esters is 1. The van der Waals surface area contributed by atoms with Crippen LogP contribution in [0, 0.1) is 0 Å². The number of benzene rings is 3. The molecular formula is C28H28ClN2O4P. The minimum Gasteiger partial charge on any atom is -0.463 e. The van der Waals surface area contributed by atoms with Gasteiger partial charge in [-0.15, -0.1) is 0 Å². The van der Waals surface area contributed by atoms with Crippen LogP contribution in [0.15, 0.2) is 96.2 Å². The van der Waals surface area contributed by atoms with Crippen LogP contribution in [-0.4, -0.2) is 48.7 Å². The van der Waals surface area contributed by atoms with Gasteiger partial charge >= 0.3 is 12.0 Å². The molecule has 0 saturated heterocycles. The van der Waals surface area contributed by atoms with E-state index in [9.17, 15) is 14.2 Å². The lowest BCUT2D eigenvalue weighted by atomic mass is 9.93. The number of amides is 2. The van der Waals surface area contributed by atoms with E-state index in [1.165, 1.54) is 9.80 Å². The Labute approximate surface area is 216 Å². The van der Waals surface area contributed by atoms with Gasteiger partial charge in [0.15, 0.2) is 0 Å². The van der Waals surface area contributed by atoms with Crippen LogP contribution in [0.5, 0.6) is 0 Å². The summed E-state index contributed by atoms with van der Waals surface area (Å²) in [6.07, 6.45) is -0.0185. The smallest absolute Gasteiger partial charge is 0.338 e. The molecule has 0 saturated carbocycles. The molecule has 4 rings (SSSR count). The largest absolute Gasteiger partial charge is 0.463 e. The van der Waals surface area contributed by atoms with Gasteiger partial charge in [0.25, 0.3) is 0 Å². The molecule has 3 aromatic rings. The van der Waals surface area contributed by atoms with E-state index in [1.54, 1.807) is 45.3 Å². The molecule has 1 unspecified atom stereocenters. The van der Waals surface area contributed by atoms with E-state index in [0.29, 0.717) is 26.9 Å². The number of nitrogens with zero attached hydrogens (tertiary/aromatic N) is 2. The zero-order valence-electron chi connectivity index (χ0n) is 20.4. The first-order valence-corrected chi connectivity index (χ1v) is 13.9. The molecule has 1 atom stereocenters. The maximum Gasteiger partial charge on any atom is 0.338 e. The first-order valence-electron chi connectivity index (χ1n) is 11.6. The van der Waals surface area contributed by atoms with Gasteiger partial charge in [-0.3, -0.25) is 0 Å². The van der Waals surface area contributed by atoms with Gasteiger partial charge in [0.05, 0.1) is 24.4 Å². The van der Waals surface area contributed by atoms with Crippen molar-refractivity contribution in [3.63, 3.8) is 0 Å². The Morgan fingerprint density at radius 1 is 0.917 bits per heavy atom. The van der Waals surface area contributed by atoms with Gasteiger partial charge in [-0.2, -0.15) is 0 Å². The van der Waals surface area contributed by atoms with Crippen LogP contribution in [-0.2, 0) is 14.1 Å². The van der Waals surface area contributed by atoms with E-state index in [4.69, 9.17) is 16.3 Å². The lowest BCUT2D eigenvalue weighted by Gasteiger charge is -2.41. The van der Waals surface area contributed by atoms with Gasteiger partial charge < -0.3 is 19.1 Å². The lowest BCUT2D eigenvalue weighted by Crippen LogP contribution is -2.49. The molecule has 1 aliphatic heterocycles. The third-order valence-electron chi connectivity index (χ3n) is 6.37. The monoisotopic (exact) mass is 522 g/mol. The van der Waals surface area contributed by atoms with E-state index in [1.807, 2.05) is 60.7 Å². The van der Waals surface area contributed by atoms with Gasteiger partial charge in [-0.1, -0.05) is 84.4 Å². The summed E-state index contributed by atoms with van der Waals surface area (Å²) < 4.78 is 20.3. The molecule has 8 heteroatoms. The molecule has 36 heavy (non-hydrogen) atoms. The lowest BCUT2D eigenvalue weighted by molar-refractivity contribution is -0.139. The van der Waals surface area contributed by atoms with Crippen molar-refractivity contribution in [2.24, 2.45) is 0 Å². The zero-order valence-corrected chi connectivity index (χ0v) is 22.1. The Balaban J connectivity index is 1.97. The summed E-state index contributed by atoms with van der Waals surface area (Å²) >= 11 is 6.11. The number of allylic oxidation sites excluding steroid dienone is 1. The average Bonchev–Trinajstić information content (AvgIpc) is 2.90. The van der Waals surface area contributed by atoms with Crippen LogP contribution in [0.25, 0.3) is 0 Å². The molecule has 0 spiro atoms. The topological polar surface area (TPSA) is 66.9 Å². The highest BCUT2D eigenvalue weighted by Crippen LogP contribution is 2.48. The first-order chi connectivity index (χ1) is 17.3. The van der Waals surface area contributed by atoms with Crippen molar-refractivity contribution in [3.8, 4) is 0 Å². The number of carbonyl (C=O) groups is 2. The molecule has 1 heterocycles. The van der Waals surface area contributed by atoms with Crippen molar-refractivity contribution in [1.29, 1.82) is 0 Å². The van der Waals surface area contributed by atoms with Crippen LogP contribution in [0.4, 0.5) is 4.79 Å². The number of halogens is 1. The highest BCUT2D eigenvalue weighted by atomic mass is 35.5. The Morgan fingerprint density at radius 3 is 1.94 bits per heavy atom. The summed E-state index contributed by atoms with van der Waals surface area (Å²) in [5.74, 6) is -0.550. The van der Waals surface area contributed by atoms with E-state index in [2.05, 4.69) is 0 Å². The predicted molar refractivity (Wildman–Crippen MR) is 143 cm³/mol. The SMILES string of the molecule is CCOC(=O)C1=C(CP(=O)(c2ccccc2)c2ccccc2)N(C)C(=O)N(C)C1c1ccc(Cl)cc1. The molecule has 1 aliphatic rings. The minimum atomic E-state index is -3.30. The quantitative estimate of drug-likeness (QED) is 0.315. The first kappa shape index (κ1) is 25.7. The maximum atomic E-state index is 14.9. The van der Waals surface area contributed by atoms with E-state index in [-0.39, 0.29) is 24.4 Å². The summed E-state index contributed by atoms with van der Waals surface area (Å²) in [5.41, 5.74) is 1.38. The second-order valence-corrected chi connectivity index (χ2v) is 11.8. The average molecular weight is 523 g/mol. The molecule has 2 amide bonds. The fraction of sp³-hybridized carbons (Fsp3) is 0.214. The molecule has 3 aromatic carbocycles. The molecule has 0 fully saturated rings. The number of ether oxygens (including phenoxy) is 1. The Morgan fingerprint density at radius 2 is 1.44 bits per heavy atom. The normalized spacial score (nSPS) is 16.3. The van der Waals surface area contributed by atoms with Gasteiger partial charge in [0, 0.05) is 35.4 Å². The van der Waals surface area contributed by atoms with Gasteiger partial charge in [0.1, 0.15) is 7.14 Å². The van der Waals surface area contributed by atoms with Crippen LogP contribution in [0.1, 0.15) is 18.5 Å². The van der Waals surface area contributed by atoms with Crippen molar-refractivity contribution in [2.75, 3.05) is 26.9 Å². The number of likely N-dealkylation sites (N-methyl/N-ethyl adjacent to an activating group) is 1. The van der Waals surface area contributed by atoms with Crippen molar-refractivity contribution < 1.29 is 18.9 Å². The van der Waals surface area contributed by atoms with Crippen LogP contribution >= 0.6 is 18.7 Å². The Bertz CT molecular complexity index is 1280. The van der Waals surface area contributed by atoms with Crippen LogP contribution < -0.4 is 10.6 Å². The van der Waals surface area contributed by atoms with Gasteiger partial charge in [0.2, 0.25) is 0 Å². The van der Waals surface area contributed by atoms with Crippen molar-refractivity contribution in [3.05, 3.63) is 107 Å². The number of rotatable bonds is 7. The van der Waals surface area contributed by atoms with Gasteiger partial charge in [-0.25, -0.2) is 9.59 Å². The standard InChI is InChI=1S/C28H28ClN2O4P/c1-4-35-27(32)25-24(30(2)28(33)31(3)26(25)20-15-17-21(29)18-16-20)19-36(34,22-11-7-5-8-12-22)23-13-9-6-10-14-23/h5-18,26H,4,19H2,1-3H3. The third kappa shape index (κ3) is 4.84. The second-order valence-electron chi connectivity index (χ2n) is 8.56.